The SMILES string of the molecule is CCOC(=O)CC(CC(C)(C)C)C1CCN(C(=O)OC(C)(C)C)CC1. The fourth-order valence-corrected chi connectivity index (χ4v) is 3.51. The van der Waals surface area contributed by atoms with E-state index in [0.29, 0.717) is 38.0 Å². The molecule has 0 radical (unpaired) electrons. The van der Waals surface area contributed by atoms with Crippen molar-refractivity contribution < 1.29 is 19.1 Å². The van der Waals surface area contributed by atoms with Crippen molar-refractivity contribution in [2.75, 3.05) is 19.7 Å². The van der Waals surface area contributed by atoms with E-state index < -0.39 is 5.60 Å². The Balaban J connectivity index is 2.64. The van der Waals surface area contributed by atoms with Crippen molar-refractivity contribution in [3.8, 4) is 0 Å². The highest BCUT2D eigenvalue weighted by atomic mass is 16.6. The molecule has 0 aromatic heterocycles. The van der Waals surface area contributed by atoms with Gasteiger partial charge in [0.2, 0.25) is 0 Å². The van der Waals surface area contributed by atoms with Crippen LogP contribution in [-0.2, 0) is 14.3 Å². The lowest BCUT2D eigenvalue weighted by Gasteiger charge is -2.38. The van der Waals surface area contributed by atoms with Crippen LogP contribution in [0.4, 0.5) is 4.79 Å². The smallest absolute Gasteiger partial charge is 0.410 e. The Morgan fingerprint density at radius 2 is 1.64 bits per heavy atom. The highest BCUT2D eigenvalue weighted by Crippen LogP contribution is 2.36. The third kappa shape index (κ3) is 8.59. The fourth-order valence-electron chi connectivity index (χ4n) is 3.51. The van der Waals surface area contributed by atoms with Gasteiger partial charge in [0, 0.05) is 19.5 Å². The van der Waals surface area contributed by atoms with E-state index in [1.807, 2.05) is 27.7 Å². The molecule has 0 aliphatic carbocycles. The number of ether oxygens (including phenoxy) is 2. The average Bonchev–Trinajstić information content (AvgIpc) is 2.44. The number of esters is 1. The van der Waals surface area contributed by atoms with E-state index in [0.717, 1.165) is 19.3 Å². The molecular formula is C20H37NO4. The first-order valence-electron chi connectivity index (χ1n) is 9.55. The third-order valence-electron chi connectivity index (χ3n) is 4.47. The maximum Gasteiger partial charge on any atom is 0.410 e. The van der Waals surface area contributed by atoms with Crippen molar-refractivity contribution in [3.05, 3.63) is 0 Å². The molecule has 1 fully saturated rings. The summed E-state index contributed by atoms with van der Waals surface area (Å²) in [5, 5.41) is 0. The minimum atomic E-state index is -0.466. The van der Waals surface area contributed by atoms with Gasteiger partial charge in [-0.15, -0.1) is 0 Å². The number of piperidine rings is 1. The van der Waals surface area contributed by atoms with Crippen molar-refractivity contribution in [3.63, 3.8) is 0 Å². The molecule has 5 heteroatoms. The first-order valence-corrected chi connectivity index (χ1v) is 9.55. The second-order valence-corrected chi connectivity index (χ2v) is 9.34. The molecule has 146 valence electrons. The normalized spacial score (nSPS) is 18.0. The van der Waals surface area contributed by atoms with Crippen LogP contribution in [0.5, 0.6) is 0 Å². The number of carbonyl (C=O) groups is 2. The summed E-state index contributed by atoms with van der Waals surface area (Å²) in [5.41, 5.74) is -0.300. The number of hydrogen-bond acceptors (Lipinski definition) is 4. The van der Waals surface area contributed by atoms with Gasteiger partial charge >= 0.3 is 12.1 Å². The highest BCUT2D eigenvalue weighted by molar-refractivity contribution is 5.70. The maximum absolute atomic E-state index is 12.2. The molecular weight excluding hydrogens is 318 g/mol. The van der Waals surface area contributed by atoms with Crippen molar-refractivity contribution in [1.82, 2.24) is 4.90 Å². The van der Waals surface area contributed by atoms with E-state index in [2.05, 4.69) is 20.8 Å². The molecule has 1 aliphatic rings. The van der Waals surface area contributed by atoms with Gasteiger partial charge in [-0.1, -0.05) is 20.8 Å². The van der Waals surface area contributed by atoms with Gasteiger partial charge < -0.3 is 14.4 Å². The summed E-state index contributed by atoms with van der Waals surface area (Å²) in [4.78, 5) is 26.0. The predicted molar refractivity (Wildman–Crippen MR) is 99.3 cm³/mol. The van der Waals surface area contributed by atoms with Crippen molar-refractivity contribution in [2.24, 2.45) is 17.3 Å². The van der Waals surface area contributed by atoms with Gasteiger partial charge in [0.05, 0.1) is 6.61 Å². The molecule has 25 heavy (non-hydrogen) atoms. The highest BCUT2D eigenvalue weighted by Gasteiger charge is 2.33. The number of likely N-dealkylation sites (tertiary alicyclic amines) is 1. The van der Waals surface area contributed by atoms with Crippen LogP contribution in [0.15, 0.2) is 0 Å². The number of nitrogens with zero attached hydrogens (tertiary/aromatic N) is 1. The number of amides is 1. The lowest BCUT2D eigenvalue weighted by Crippen LogP contribution is -2.43. The first-order chi connectivity index (χ1) is 11.4. The largest absolute Gasteiger partial charge is 0.466 e. The molecule has 0 aromatic rings. The van der Waals surface area contributed by atoms with E-state index in [1.165, 1.54) is 0 Å². The molecule has 1 aliphatic heterocycles. The summed E-state index contributed by atoms with van der Waals surface area (Å²) in [5.74, 6) is 0.647. The minimum absolute atomic E-state index is 0.105. The Kier molecular flexibility index (Phi) is 7.76. The number of rotatable bonds is 5. The Bertz CT molecular complexity index is 440. The molecule has 1 rings (SSSR count). The summed E-state index contributed by atoms with van der Waals surface area (Å²) in [6.07, 6.45) is 3.06. The lowest BCUT2D eigenvalue weighted by atomic mass is 9.74. The Labute approximate surface area is 153 Å². The van der Waals surface area contributed by atoms with Crippen LogP contribution in [0, 0.1) is 17.3 Å². The van der Waals surface area contributed by atoms with Gasteiger partial charge in [0.1, 0.15) is 5.60 Å². The van der Waals surface area contributed by atoms with Crippen molar-refractivity contribution in [2.45, 2.75) is 79.8 Å². The second-order valence-electron chi connectivity index (χ2n) is 9.34. The quantitative estimate of drug-likeness (QED) is 0.674. The van der Waals surface area contributed by atoms with Gasteiger partial charge in [-0.05, 0) is 64.2 Å². The second kappa shape index (κ2) is 8.91. The zero-order valence-corrected chi connectivity index (χ0v) is 17.2. The van der Waals surface area contributed by atoms with Crippen molar-refractivity contribution in [1.29, 1.82) is 0 Å². The van der Waals surface area contributed by atoms with Gasteiger partial charge in [0.15, 0.2) is 0 Å². The monoisotopic (exact) mass is 355 g/mol. The first kappa shape index (κ1) is 21.8. The van der Waals surface area contributed by atoms with Crippen LogP contribution in [-0.4, -0.2) is 42.3 Å². The standard InChI is InChI=1S/C20H37NO4/c1-8-24-17(22)13-16(14-19(2,3)4)15-9-11-21(12-10-15)18(23)25-20(5,6)7/h15-16H,8-14H2,1-7H3. The van der Waals surface area contributed by atoms with Crippen LogP contribution >= 0.6 is 0 Å². The maximum atomic E-state index is 12.2. The summed E-state index contributed by atoms with van der Waals surface area (Å²) >= 11 is 0. The molecule has 1 unspecified atom stereocenters. The van der Waals surface area contributed by atoms with Crippen LogP contribution in [0.2, 0.25) is 0 Å². The van der Waals surface area contributed by atoms with Gasteiger partial charge in [-0.25, -0.2) is 4.79 Å². The van der Waals surface area contributed by atoms with Gasteiger partial charge in [-0.3, -0.25) is 4.79 Å². The van der Waals surface area contributed by atoms with E-state index in [4.69, 9.17) is 9.47 Å². The summed E-state index contributed by atoms with van der Waals surface area (Å²) < 4.78 is 10.6. The van der Waals surface area contributed by atoms with Crippen LogP contribution < -0.4 is 0 Å². The molecule has 0 bridgehead atoms. The molecule has 5 nitrogen and oxygen atoms in total. The fraction of sp³-hybridized carbons (Fsp3) is 0.900. The molecule has 1 amide bonds. The number of hydrogen-bond donors (Lipinski definition) is 0. The molecule has 1 atom stereocenters. The average molecular weight is 356 g/mol. The third-order valence-corrected chi connectivity index (χ3v) is 4.47. The van der Waals surface area contributed by atoms with Crippen LogP contribution in [0.1, 0.15) is 74.1 Å². The van der Waals surface area contributed by atoms with Gasteiger partial charge in [0.25, 0.3) is 0 Å². The Hall–Kier alpha value is -1.26. The predicted octanol–water partition coefficient (Wildman–Crippen LogP) is 4.64. The van der Waals surface area contributed by atoms with E-state index >= 15 is 0 Å². The summed E-state index contributed by atoms with van der Waals surface area (Å²) in [6, 6.07) is 0. The number of carbonyl (C=O) groups excluding carboxylic acids is 2. The molecule has 0 saturated carbocycles. The van der Waals surface area contributed by atoms with E-state index in [1.54, 1.807) is 4.90 Å². The molecule has 0 aromatic carbocycles. The van der Waals surface area contributed by atoms with Crippen molar-refractivity contribution >= 4 is 12.1 Å². The minimum Gasteiger partial charge on any atom is -0.466 e. The van der Waals surface area contributed by atoms with E-state index in [-0.39, 0.29) is 17.5 Å². The van der Waals surface area contributed by atoms with Crippen LogP contribution in [0.3, 0.4) is 0 Å². The summed E-state index contributed by atoms with van der Waals surface area (Å²) in [7, 11) is 0. The molecule has 0 spiro atoms. The van der Waals surface area contributed by atoms with Crippen LogP contribution in [0.25, 0.3) is 0 Å². The zero-order valence-electron chi connectivity index (χ0n) is 17.2. The molecule has 0 N–H and O–H groups in total. The summed E-state index contributed by atoms with van der Waals surface area (Å²) in [6.45, 7) is 16.0. The molecule has 1 saturated heterocycles. The Morgan fingerprint density at radius 1 is 1.08 bits per heavy atom. The molecule has 1 heterocycles. The zero-order chi connectivity index (χ0) is 19.3. The van der Waals surface area contributed by atoms with E-state index in [9.17, 15) is 9.59 Å². The lowest BCUT2D eigenvalue weighted by molar-refractivity contribution is -0.145. The van der Waals surface area contributed by atoms with Gasteiger partial charge in [-0.2, -0.15) is 0 Å². The Morgan fingerprint density at radius 3 is 2.08 bits per heavy atom. The topological polar surface area (TPSA) is 55.8 Å².